The SMILES string of the molecule is C[C@H](Nc1c(F)c(F)nc(F)c1F)C(=O)O.S. The van der Waals surface area contributed by atoms with Gasteiger partial charge in [-0.3, -0.25) is 4.79 Å². The van der Waals surface area contributed by atoms with Crippen LogP contribution >= 0.6 is 13.5 Å². The van der Waals surface area contributed by atoms with E-state index in [9.17, 15) is 22.4 Å². The molecule has 2 N–H and O–H groups in total. The van der Waals surface area contributed by atoms with Crippen molar-refractivity contribution in [2.45, 2.75) is 13.0 Å². The van der Waals surface area contributed by atoms with Gasteiger partial charge in [0.25, 0.3) is 11.9 Å². The molecule has 1 rings (SSSR count). The first-order chi connectivity index (χ1) is 7.34. The van der Waals surface area contributed by atoms with Gasteiger partial charge in [-0.2, -0.15) is 36.0 Å². The van der Waals surface area contributed by atoms with Gasteiger partial charge in [0.15, 0.2) is 0 Å². The van der Waals surface area contributed by atoms with Crippen molar-refractivity contribution in [1.29, 1.82) is 0 Å². The summed E-state index contributed by atoms with van der Waals surface area (Å²) in [5, 5.41) is 10.2. The monoisotopic (exact) mass is 272 g/mol. The summed E-state index contributed by atoms with van der Waals surface area (Å²) in [6.45, 7) is 1.05. The number of carboxylic acids is 1. The van der Waals surface area contributed by atoms with Crippen molar-refractivity contribution in [3.8, 4) is 0 Å². The average molecular weight is 272 g/mol. The second kappa shape index (κ2) is 5.71. The van der Waals surface area contributed by atoms with Gasteiger partial charge in [-0.15, -0.1) is 0 Å². The van der Waals surface area contributed by atoms with Gasteiger partial charge in [0, 0.05) is 0 Å². The minimum atomic E-state index is -1.85. The second-order valence-corrected chi connectivity index (χ2v) is 2.90. The van der Waals surface area contributed by atoms with Gasteiger partial charge in [-0.25, -0.2) is 0 Å². The van der Waals surface area contributed by atoms with Crippen molar-refractivity contribution in [1.82, 2.24) is 4.98 Å². The molecule has 17 heavy (non-hydrogen) atoms. The lowest BCUT2D eigenvalue weighted by molar-refractivity contribution is -0.137. The van der Waals surface area contributed by atoms with E-state index in [2.05, 4.69) is 4.98 Å². The molecule has 0 bridgehead atoms. The van der Waals surface area contributed by atoms with Crippen LogP contribution in [0.25, 0.3) is 0 Å². The van der Waals surface area contributed by atoms with Crippen molar-refractivity contribution in [2.24, 2.45) is 0 Å². The van der Waals surface area contributed by atoms with E-state index < -0.39 is 41.2 Å². The summed E-state index contributed by atoms with van der Waals surface area (Å²) in [5.41, 5.74) is -1.19. The summed E-state index contributed by atoms with van der Waals surface area (Å²) in [5.74, 6) is -8.67. The molecule has 0 aliphatic heterocycles. The van der Waals surface area contributed by atoms with Gasteiger partial charge in [-0.05, 0) is 6.92 Å². The predicted octanol–water partition coefficient (Wildman–Crippen LogP) is 1.64. The largest absolute Gasteiger partial charge is 0.480 e. The normalized spacial score (nSPS) is 11.6. The minimum absolute atomic E-state index is 0. The number of nitrogens with one attached hydrogen (secondary N) is 1. The lowest BCUT2D eigenvalue weighted by atomic mass is 10.3. The molecule has 4 nitrogen and oxygen atoms in total. The molecular weight excluding hydrogens is 264 g/mol. The molecule has 0 aromatic carbocycles. The summed E-state index contributed by atoms with van der Waals surface area (Å²) in [7, 11) is 0. The third kappa shape index (κ3) is 3.22. The molecule has 0 aliphatic carbocycles. The quantitative estimate of drug-likeness (QED) is 0.648. The van der Waals surface area contributed by atoms with Crippen molar-refractivity contribution in [3.05, 3.63) is 23.5 Å². The van der Waals surface area contributed by atoms with Gasteiger partial charge in [-0.1, -0.05) is 0 Å². The van der Waals surface area contributed by atoms with E-state index in [0.29, 0.717) is 0 Å². The van der Waals surface area contributed by atoms with E-state index in [1.54, 1.807) is 5.32 Å². The van der Waals surface area contributed by atoms with E-state index in [0.717, 1.165) is 6.92 Å². The molecule has 0 unspecified atom stereocenters. The fourth-order valence-corrected chi connectivity index (χ4v) is 0.892. The molecule has 1 atom stereocenters. The van der Waals surface area contributed by atoms with Crippen LogP contribution in [0.1, 0.15) is 6.92 Å². The smallest absolute Gasteiger partial charge is 0.325 e. The van der Waals surface area contributed by atoms with Crippen LogP contribution in [0.5, 0.6) is 0 Å². The summed E-state index contributed by atoms with van der Waals surface area (Å²) in [6.07, 6.45) is 0. The van der Waals surface area contributed by atoms with Crippen LogP contribution in [0.2, 0.25) is 0 Å². The number of pyridine rings is 1. The Morgan fingerprint density at radius 3 is 2.00 bits per heavy atom. The van der Waals surface area contributed by atoms with Gasteiger partial charge < -0.3 is 10.4 Å². The first-order valence-corrected chi connectivity index (χ1v) is 4.04. The zero-order chi connectivity index (χ0) is 12.5. The first kappa shape index (κ1) is 15.5. The fraction of sp³-hybridized carbons (Fsp3) is 0.250. The summed E-state index contributed by atoms with van der Waals surface area (Å²) in [6, 6.07) is -1.41. The van der Waals surface area contributed by atoms with Crippen molar-refractivity contribution < 1.29 is 27.5 Å². The molecule has 96 valence electrons. The van der Waals surface area contributed by atoms with E-state index in [1.165, 1.54) is 0 Å². The Balaban J connectivity index is 0.00000256. The Morgan fingerprint density at radius 1 is 1.24 bits per heavy atom. The van der Waals surface area contributed by atoms with E-state index in [1.807, 2.05) is 0 Å². The zero-order valence-electron chi connectivity index (χ0n) is 8.39. The summed E-state index contributed by atoms with van der Waals surface area (Å²) < 4.78 is 51.1. The molecular formula is C8H8F4N2O2S. The maximum atomic E-state index is 13.0. The molecule has 0 saturated carbocycles. The summed E-state index contributed by atoms with van der Waals surface area (Å²) in [4.78, 5) is 12.7. The maximum absolute atomic E-state index is 13.0. The van der Waals surface area contributed by atoms with Gasteiger partial charge >= 0.3 is 5.97 Å². The maximum Gasteiger partial charge on any atom is 0.325 e. The Hall–Kier alpha value is -1.51. The molecule has 0 saturated heterocycles. The van der Waals surface area contributed by atoms with Crippen LogP contribution in [-0.2, 0) is 4.79 Å². The number of nitrogens with zero attached hydrogens (tertiary/aromatic N) is 1. The first-order valence-electron chi connectivity index (χ1n) is 4.04. The standard InChI is InChI=1S/C8H6F4N2O2.H2S/c1-2(8(15)16)13-5-3(9)6(11)14-7(12)4(5)10;/h2H,1H3,(H,13,14)(H,15,16);1H2/t2-;/m0./s1. The van der Waals surface area contributed by atoms with Crippen LogP contribution in [-0.4, -0.2) is 22.1 Å². The number of carbonyl (C=O) groups is 1. The van der Waals surface area contributed by atoms with Crippen molar-refractivity contribution >= 4 is 25.2 Å². The highest BCUT2D eigenvalue weighted by Crippen LogP contribution is 2.22. The van der Waals surface area contributed by atoms with Crippen LogP contribution < -0.4 is 5.32 Å². The van der Waals surface area contributed by atoms with E-state index in [4.69, 9.17) is 5.11 Å². The summed E-state index contributed by atoms with van der Waals surface area (Å²) >= 11 is 0. The Labute approximate surface area is 100 Å². The number of aliphatic carboxylic acids is 1. The number of hydrogen-bond acceptors (Lipinski definition) is 3. The number of anilines is 1. The van der Waals surface area contributed by atoms with Crippen molar-refractivity contribution in [2.75, 3.05) is 5.32 Å². The molecule has 0 radical (unpaired) electrons. The molecule has 0 amide bonds. The number of halogens is 4. The van der Waals surface area contributed by atoms with Crippen LogP contribution in [0.3, 0.4) is 0 Å². The highest BCUT2D eigenvalue weighted by atomic mass is 32.1. The Bertz CT molecular complexity index is 418. The van der Waals surface area contributed by atoms with Crippen LogP contribution in [0, 0.1) is 23.5 Å². The van der Waals surface area contributed by atoms with E-state index >= 15 is 0 Å². The molecule has 9 heteroatoms. The lowest BCUT2D eigenvalue weighted by Crippen LogP contribution is -2.27. The topological polar surface area (TPSA) is 62.2 Å². The molecule has 1 heterocycles. The van der Waals surface area contributed by atoms with Crippen LogP contribution in [0.15, 0.2) is 0 Å². The molecule has 0 aliphatic rings. The van der Waals surface area contributed by atoms with E-state index in [-0.39, 0.29) is 13.5 Å². The third-order valence-electron chi connectivity index (χ3n) is 1.73. The highest BCUT2D eigenvalue weighted by Gasteiger charge is 2.23. The number of aromatic nitrogens is 1. The van der Waals surface area contributed by atoms with Gasteiger partial charge in [0.05, 0.1) is 0 Å². The average Bonchev–Trinajstić information content (AvgIpc) is 2.21. The molecule has 1 aromatic rings. The predicted molar refractivity (Wildman–Crippen MR) is 55.2 cm³/mol. The number of rotatable bonds is 3. The Morgan fingerprint density at radius 2 is 1.65 bits per heavy atom. The lowest BCUT2D eigenvalue weighted by Gasteiger charge is -2.12. The molecule has 0 spiro atoms. The van der Waals surface area contributed by atoms with Gasteiger partial charge in [0.2, 0.25) is 11.6 Å². The second-order valence-electron chi connectivity index (χ2n) is 2.90. The third-order valence-corrected chi connectivity index (χ3v) is 1.73. The van der Waals surface area contributed by atoms with Crippen LogP contribution in [0.4, 0.5) is 23.2 Å². The highest BCUT2D eigenvalue weighted by molar-refractivity contribution is 7.59. The zero-order valence-corrected chi connectivity index (χ0v) is 9.39. The van der Waals surface area contributed by atoms with Crippen molar-refractivity contribution in [3.63, 3.8) is 0 Å². The number of hydrogen-bond donors (Lipinski definition) is 2. The number of carboxylic acid groups (broad SMARTS) is 1. The molecule has 1 aromatic heterocycles. The van der Waals surface area contributed by atoms with Gasteiger partial charge in [0.1, 0.15) is 11.7 Å². The Kier molecular flexibility index (Phi) is 5.20. The fourth-order valence-electron chi connectivity index (χ4n) is 0.892. The molecule has 0 fully saturated rings. The minimum Gasteiger partial charge on any atom is -0.480 e.